The standard InChI is InChI=1S/C9H20O2/c1-3-6-9(2,11)7-4-5-8-10/h10-11H,3-8H2,1-2H3. The molecule has 0 heterocycles. The Hall–Kier alpha value is -0.0800. The van der Waals surface area contributed by atoms with Gasteiger partial charge in [-0.3, -0.25) is 0 Å². The van der Waals surface area contributed by atoms with Gasteiger partial charge in [-0.2, -0.15) is 0 Å². The van der Waals surface area contributed by atoms with Crippen LogP contribution in [0.5, 0.6) is 0 Å². The molecule has 2 nitrogen and oxygen atoms in total. The van der Waals surface area contributed by atoms with Crippen LogP contribution >= 0.6 is 0 Å². The summed E-state index contributed by atoms with van der Waals surface area (Å²) < 4.78 is 0. The van der Waals surface area contributed by atoms with Crippen LogP contribution in [-0.2, 0) is 0 Å². The van der Waals surface area contributed by atoms with Crippen molar-refractivity contribution >= 4 is 0 Å². The van der Waals surface area contributed by atoms with E-state index in [2.05, 4.69) is 6.92 Å². The van der Waals surface area contributed by atoms with E-state index in [-0.39, 0.29) is 6.61 Å². The summed E-state index contributed by atoms with van der Waals surface area (Å²) in [6.45, 7) is 4.18. The van der Waals surface area contributed by atoms with Gasteiger partial charge in [-0.1, -0.05) is 13.3 Å². The highest BCUT2D eigenvalue weighted by Gasteiger charge is 2.17. The fourth-order valence-electron chi connectivity index (χ4n) is 1.28. The van der Waals surface area contributed by atoms with Gasteiger partial charge in [-0.15, -0.1) is 0 Å². The smallest absolute Gasteiger partial charge is 0.0619 e. The molecule has 0 aliphatic carbocycles. The lowest BCUT2D eigenvalue weighted by Gasteiger charge is -2.21. The molecule has 0 aromatic heterocycles. The van der Waals surface area contributed by atoms with Gasteiger partial charge in [0.15, 0.2) is 0 Å². The van der Waals surface area contributed by atoms with E-state index in [0.717, 1.165) is 32.1 Å². The average Bonchev–Trinajstić information content (AvgIpc) is 1.87. The van der Waals surface area contributed by atoms with Gasteiger partial charge in [0.2, 0.25) is 0 Å². The molecule has 1 atom stereocenters. The highest BCUT2D eigenvalue weighted by atomic mass is 16.3. The fraction of sp³-hybridized carbons (Fsp3) is 1.00. The molecule has 0 saturated heterocycles. The van der Waals surface area contributed by atoms with Crippen LogP contribution in [0, 0.1) is 0 Å². The van der Waals surface area contributed by atoms with Gasteiger partial charge in [-0.25, -0.2) is 0 Å². The second kappa shape index (κ2) is 5.56. The van der Waals surface area contributed by atoms with Crippen LogP contribution in [0.25, 0.3) is 0 Å². The van der Waals surface area contributed by atoms with Gasteiger partial charge < -0.3 is 10.2 Å². The summed E-state index contributed by atoms with van der Waals surface area (Å²) >= 11 is 0. The van der Waals surface area contributed by atoms with Crippen LogP contribution < -0.4 is 0 Å². The zero-order chi connectivity index (χ0) is 8.74. The summed E-state index contributed by atoms with van der Waals surface area (Å²) in [4.78, 5) is 0. The highest BCUT2D eigenvalue weighted by molar-refractivity contribution is 4.70. The predicted molar refractivity (Wildman–Crippen MR) is 46.5 cm³/mol. The van der Waals surface area contributed by atoms with Crippen molar-refractivity contribution in [1.29, 1.82) is 0 Å². The minimum atomic E-state index is -0.510. The van der Waals surface area contributed by atoms with Crippen LogP contribution in [-0.4, -0.2) is 22.4 Å². The average molecular weight is 160 g/mol. The maximum absolute atomic E-state index is 9.66. The van der Waals surface area contributed by atoms with E-state index in [9.17, 15) is 5.11 Å². The summed E-state index contributed by atoms with van der Waals surface area (Å²) in [5.41, 5.74) is -0.510. The van der Waals surface area contributed by atoms with Crippen molar-refractivity contribution in [2.45, 2.75) is 51.6 Å². The molecule has 0 bridgehead atoms. The first-order valence-electron chi connectivity index (χ1n) is 4.45. The molecule has 0 aromatic carbocycles. The van der Waals surface area contributed by atoms with E-state index in [1.54, 1.807) is 0 Å². The first kappa shape index (κ1) is 10.9. The topological polar surface area (TPSA) is 40.5 Å². The van der Waals surface area contributed by atoms with Crippen LogP contribution in [0.4, 0.5) is 0 Å². The normalized spacial score (nSPS) is 16.4. The SMILES string of the molecule is CCCC(C)(O)CCCCO. The lowest BCUT2D eigenvalue weighted by molar-refractivity contribution is 0.0376. The molecule has 68 valence electrons. The van der Waals surface area contributed by atoms with E-state index in [1.165, 1.54) is 0 Å². The van der Waals surface area contributed by atoms with Gasteiger partial charge in [0.05, 0.1) is 5.60 Å². The van der Waals surface area contributed by atoms with Crippen molar-refractivity contribution in [1.82, 2.24) is 0 Å². The van der Waals surface area contributed by atoms with Crippen molar-refractivity contribution in [2.75, 3.05) is 6.61 Å². The summed E-state index contributed by atoms with van der Waals surface area (Å²) in [6.07, 6.45) is 4.41. The number of rotatable bonds is 6. The van der Waals surface area contributed by atoms with Crippen LogP contribution in [0.3, 0.4) is 0 Å². The third-order valence-corrected chi connectivity index (χ3v) is 1.91. The van der Waals surface area contributed by atoms with E-state index in [1.807, 2.05) is 6.92 Å². The zero-order valence-electron chi connectivity index (χ0n) is 7.64. The maximum Gasteiger partial charge on any atom is 0.0619 e. The minimum absolute atomic E-state index is 0.238. The Bertz CT molecular complexity index is 89.6. The second-order valence-electron chi connectivity index (χ2n) is 3.43. The highest BCUT2D eigenvalue weighted by Crippen LogP contribution is 2.18. The van der Waals surface area contributed by atoms with Crippen LogP contribution in [0.15, 0.2) is 0 Å². The molecule has 1 unspecified atom stereocenters. The monoisotopic (exact) mass is 160 g/mol. The first-order valence-corrected chi connectivity index (χ1v) is 4.45. The molecule has 0 fully saturated rings. The third kappa shape index (κ3) is 6.32. The number of hydrogen-bond acceptors (Lipinski definition) is 2. The zero-order valence-corrected chi connectivity index (χ0v) is 7.64. The molecule has 2 N–H and O–H groups in total. The number of unbranched alkanes of at least 4 members (excludes halogenated alkanes) is 1. The van der Waals surface area contributed by atoms with E-state index >= 15 is 0 Å². The molecule has 0 saturated carbocycles. The number of hydrogen-bond donors (Lipinski definition) is 2. The van der Waals surface area contributed by atoms with Gasteiger partial charge in [-0.05, 0) is 32.6 Å². The van der Waals surface area contributed by atoms with E-state index in [0.29, 0.717) is 0 Å². The number of aliphatic hydroxyl groups is 2. The lowest BCUT2D eigenvalue weighted by Crippen LogP contribution is -2.23. The summed E-state index contributed by atoms with van der Waals surface area (Å²) in [5.74, 6) is 0. The maximum atomic E-state index is 9.66. The lowest BCUT2D eigenvalue weighted by atomic mass is 9.94. The Morgan fingerprint density at radius 1 is 1.18 bits per heavy atom. The molecule has 0 radical (unpaired) electrons. The minimum Gasteiger partial charge on any atom is -0.396 e. The van der Waals surface area contributed by atoms with Crippen molar-refractivity contribution in [3.05, 3.63) is 0 Å². The molecule has 0 amide bonds. The Labute approximate surface area is 69.2 Å². The Morgan fingerprint density at radius 2 is 1.82 bits per heavy atom. The van der Waals surface area contributed by atoms with E-state index < -0.39 is 5.60 Å². The van der Waals surface area contributed by atoms with Gasteiger partial charge >= 0.3 is 0 Å². The summed E-state index contributed by atoms with van der Waals surface area (Å²) in [5, 5.41) is 18.2. The Morgan fingerprint density at radius 3 is 2.27 bits per heavy atom. The second-order valence-corrected chi connectivity index (χ2v) is 3.43. The summed E-state index contributed by atoms with van der Waals surface area (Å²) in [7, 11) is 0. The molecule has 0 aliphatic heterocycles. The quantitative estimate of drug-likeness (QED) is 0.581. The van der Waals surface area contributed by atoms with Crippen LogP contribution in [0.2, 0.25) is 0 Å². The Kier molecular flexibility index (Phi) is 5.51. The van der Waals surface area contributed by atoms with Crippen molar-refractivity contribution in [3.8, 4) is 0 Å². The molecule has 2 heteroatoms. The number of aliphatic hydroxyl groups excluding tert-OH is 1. The molecule has 0 aliphatic rings. The van der Waals surface area contributed by atoms with Crippen molar-refractivity contribution < 1.29 is 10.2 Å². The van der Waals surface area contributed by atoms with E-state index in [4.69, 9.17) is 5.11 Å². The Balaban J connectivity index is 3.38. The molecular weight excluding hydrogens is 140 g/mol. The molecule has 0 spiro atoms. The fourth-order valence-corrected chi connectivity index (χ4v) is 1.28. The molecule has 0 aromatic rings. The van der Waals surface area contributed by atoms with Gasteiger partial charge in [0, 0.05) is 6.61 Å². The predicted octanol–water partition coefficient (Wildman–Crippen LogP) is 1.70. The molecule has 11 heavy (non-hydrogen) atoms. The van der Waals surface area contributed by atoms with Crippen LogP contribution in [0.1, 0.15) is 46.0 Å². The molecular formula is C9H20O2. The van der Waals surface area contributed by atoms with Gasteiger partial charge in [0.25, 0.3) is 0 Å². The van der Waals surface area contributed by atoms with Crippen molar-refractivity contribution in [2.24, 2.45) is 0 Å². The summed E-state index contributed by atoms with van der Waals surface area (Å²) in [6, 6.07) is 0. The van der Waals surface area contributed by atoms with Crippen molar-refractivity contribution in [3.63, 3.8) is 0 Å². The molecule has 0 rings (SSSR count). The largest absolute Gasteiger partial charge is 0.396 e. The van der Waals surface area contributed by atoms with Gasteiger partial charge in [0.1, 0.15) is 0 Å². The first-order chi connectivity index (χ1) is 5.12. The third-order valence-electron chi connectivity index (χ3n) is 1.91.